The van der Waals surface area contributed by atoms with Crippen LogP contribution in [0.2, 0.25) is 10.0 Å². The quantitative estimate of drug-likeness (QED) is 0.336. The number of carbonyl (C=O) groups excluding carboxylic acids is 2. The molecule has 3 aromatic rings. The number of pyridine rings is 1. The Morgan fingerprint density at radius 2 is 1.80 bits per heavy atom. The van der Waals surface area contributed by atoms with Gasteiger partial charge in [0, 0.05) is 54.0 Å². The van der Waals surface area contributed by atoms with Crippen molar-refractivity contribution in [1.82, 2.24) is 14.8 Å². The van der Waals surface area contributed by atoms with E-state index in [1.54, 1.807) is 30.6 Å². The Balaban J connectivity index is 1.81. The molecule has 1 saturated heterocycles. The summed E-state index contributed by atoms with van der Waals surface area (Å²) in [7, 11) is 1.14. The number of ether oxygens (including phenoxy) is 1. The van der Waals surface area contributed by atoms with Gasteiger partial charge in [-0.15, -0.1) is 0 Å². The number of carboxylic acids is 1. The number of piperazine rings is 1. The standard InChI is InChI=1S/C30H32Cl2F4N4O5/c1-5-23(29(43)44)40-15(2)11-38(12-16(40)3)25-22(33)9-19-24(27(25)45-4)39(14-30(34,35)36)13-20(26(19)41)28(42)37-10-17-6-7-18(31)8-21(17)32/h6-9,13,15-16,23H,5,10-12,14H2,1-4H3,(H,37,42)(H,43,44)/p-1. The number of amides is 1. The Morgan fingerprint density at radius 3 is 2.33 bits per heavy atom. The van der Waals surface area contributed by atoms with Crippen LogP contribution >= 0.6 is 23.2 Å². The van der Waals surface area contributed by atoms with E-state index in [0.29, 0.717) is 15.2 Å². The van der Waals surface area contributed by atoms with Crippen LogP contribution in [-0.4, -0.2) is 65.8 Å². The van der Waals surface area contributed by atoms with Crippen molar-refractivity contribution in [2.75, 3.05) is 25.1 Å². The second-order valence-electron chi connectivity index (χ2n) is 11.0. The van der Waals surface area contributed by atoms with Crippen molar-refractivity contribution in [1.29, 1.82) is 0 Å². The number of aromatic nitrogens is 1. The van der Waals surface area contributed by atoms with E-state index < -0.39 is 64.9 Å². The number of hydrogen-bond donors (Lipinski definition) is 1. The van der Waals surface area contributed by atoms with Crippen LogP contribution in [0, 0.1) is 5.82 Å². The van der Waals surface area contributed by atoms with Crippen molar-refractivity contribution in [2.45, 2.75) is 64.6 Å². The van der Waals surface area contributed by atoms with Crippen molar-refractivity contribution in [3.63, 3.8) is 0 Å². The van der Waals surface area contributed by atoms with Gasteiger partial charge in [0.05, 0.1) is 24.0 Å². The molecule has 1 N–H and O–H groups in total. The zero-order valence-electron chi connectivity index (χ0n) is 24.8. The molecule has 0 aliphatic carbocycles. The molecule has 1 aromatic heterocycles. The zero-order valence-corrected chi connectivity index (χ0v) is 26.3. The fourth-order valence-corrected chi connectivity index (χ4v) is 6.50. The molecule has 2 heterocycles. The van der Waals surface area contributed by atoms with Gasteiger partial charge in [0.25, 0.3) is 5.91 Å². The number of fused-ring (bicyclic) bond motifs is 1. The molecule has 15 heteroatoms. The molecule has 1 aliphatic rings. The molecule has 1 aliphatic heterocycles. The van der Waals surface area contributed by atoms with Gasteiger partial charge in [-0.3, -0.25) is 14.5 Å². The minimum Gasteiger partial charge on any atom is -0.548 e. The molecule has 3 atom stereocenters. The predicted octanol–water partition coefficient (Wildman–Crippen LogP) is 4.38. The lowest BCUT2D eigenvalue weighted by molar-refractivity contribution is -0.313. The lowest BCUT2D eigenvalue weighted by Crippen LogP contribution is -2.63. The first-order chi connectivity index (χ1) is 21.1. The Hall–Kier alpha value is -3.55. The maximum absolute atomic E-state index is 15.9. The number of carbonyl (C=O) groups is 2. The van der Waals surface area contributed by atoms with Crippen LogP contribution in [-0.2, 0) is 17.9 Å². The Labute approximate surface area is 266 Å². The molecule has 0 bridgehead atoms. The van der Waals surface area contributed by atoms with Crippen LogP contribution in [0.4, 0.5) is 23.2 Å². The van der Waals surface area contributed by atoms with Gasteiger partial charge in [0.2, 0.25) is 5.43 Å². The smallest absolute Gasteiger partial charge is 0.406 e. The number of rotatable bonds is 9. The minimum atomic E-state index is -4.79. The molecule has 3 unspecified atom stereocenters. The topological polar surface area (TPSA) is 107 Å². The van der Waals surface area contributed by atoms with Crippen molar-refractivity contribution in [2.24, 2.45) is 0 Å². The molecule has 9 nitrogen and oxygen atoms in total. The second kappa shape index (κ2) is 13.4. The lowest BCUT2D eigenvalue weighted by atomic mass is 10.0. The number of methoxy groups -OCH3 is 1. The summed E-state index contributed by atoms with van der Waals surface area (Å²) in [6, 6.07) is 3.57. The number of nitrogens with one attached hydrogen (secondary N) is 1. The van der Waals surface area contributed by atoms with E-state index in [1.165, 1.54) is 18.2 Å². The number of hydrogen-bond acceptors (Lipinski definition) is 7. The maximum Gasteiger partial charge on any atom is 0.406 e. The Morgan fingerprint density at radius 1 is 1.16 bits per heavy atom. The molecule has 45 heavy (non-hydrogen) atoms. The first-order valence-electron chi connectivity index (χ1n) is 14.0. The number of carboxylic acid groups (broad SMARTS) is 1. The number of anilines is 1. The van der Waals surface area contributed by atoms with Crippen LogP contribution < -0.4 is 25.5 Å². The number of benzene rings is 2. The molecule has 0 spiro atoms. The van der Waals surface area contributed by atoms with Crippen LogP contribution in [0.1, 0.15) is 43.1 Å². The summed E-state index contributed by atoms with van der Waals surface area (Å²) in [5.74, 6) is -3.53. The third-order valence-corrected chi connectivity index (χ3v) is 8.41. The van der Waals surface area contributed by atoms with Crippen LogP contribution in [0.15, 0.2) is 35.3 Å². The summed E-state index contributed by atoms with van der Waals surface area (Å²) in [6.07, 6.45) is -3.74. The molecule has 4 rings (SSSR count). The lowest BCUT2D eigenvalue weighted by Gasteiger charge is -2.49. The highest BCUT2D eigenvalue weighted by molar-refractivity contribution is 6.35. The van der Waals surface area contributed by atoms with Gasteiger partial charge >= 0.3 is 6.18 Å². The number of aliphatic carboxylic acids is 1. The predicted molar refractivity (Wildman–Crippen MR) is 160 cm³/mol. The first-order valence-corrected chi connectivity index (χ1v) is 14.8. The van der Waals surface area contributed by atoms with E-state index >= 15 is 4.39 Å². The van der Waals surface area contributed by atoms with Gasteiger partial charge < -0.3 is 29.4 Å². The average molecular weight is 674 g/mol. The van der Waals surface area contributed by atoms with Gasteiger partial charge in [-0.25, -0.2) is 4.39 Å². The molecule has 244 valence electrons. The van der Waals surface area contributed by atoms with E-state index in [4.69, 9.17) is 27.9 Å². The molecule has 1 amide bonds. The van der Waals surface area contributed by atoms with E-state index in [9.17, 15) is 32.7 Å². The summed E-state index contributed by atoms with van der Waals surface area (Å²) in [5.41, 5.74) is -1.74. The fraction of sp³-hybridized carbons (Fsp3) is 0.433. The Bertz CT molecular complexity index is 1670. The monoisotopic (exact) mass is 673 g/mol. The fourth-order valence-electron chi connectivity index (χ4n) is 6.02. The normalized spacial score (nSPS) is 18.2. The molecular formula is C30H31Cl2F4N4O5-. The average Bonchev–Trinajstić information content (AvgIpc) is 2.94. The van der Waals surface area contributed by atoms with E-state index in [0.717, 1.165) is 19.4 Å². The van der Waals surface area contributed by atoms with Gasteiger partial charge in [0.1, 0.15) is 17.8 Å². The summed E-state index contributed by atoms with van der Waals surface area (Å²) in [6.45, 7) is 3.64. The van der Waals surface area contributed by atoms with Gasteiger partial charge in [-0.1, -0.05) is 36.2 Å². The minimum absolute atomic E-state index is 0.101. The number of alkyl halides is 3. The molecule has 0 radical (unpaired) electrons. The van der Waals surface area contributed by atoms with Crippen molar-refractivity contribution in [3.8, 4) is 5.75 Å². The third kappa shape index (κ3) is 7.15. The van der Waals surface area contributed by atoms with E-state index in [2.05, 4.69) is 5.32 Å². The summed E-state index contributed by atoms with van der Waals surface area (Å²) < 4.78 is 63.6. The Kier molecular flexibility index (Phi) is 10.2. The second-order valence-corrected chi connectivity index (χ2v) is 11.8. The van der Waals surface area contributed by atoms with Crippen molar-refractivity contribution in [3.05, 3.63) is 67.7 Å². The van der Waals surface area contributed by atoms with Crippen molar-refractivity contribution >= 4 is 51.7 Å². The highest BCUT2D eigenvalue weighted by Gasteiger charge is 2.37. The largest absolute Gasteiger partial charge is 0.548 e. The molecule has 0 saturated carbocycles. The molecule has 1 fully saturated rings. The first kappa shape index (κ1) is 34.3. The summed E-state index contributed by atoms with van der Waals surface area (Å²) in [4.78, 5) is 41.7. The number of nitrogens with zero attached hydrogens (tertiary/aromatic N) is 3. The van der Waals surface area contributed by atoms with Crippen LogP contribution in [0.25, 0.3) is 10.9 Å². The van der Waals surface area contributed by atoms with Crippen LogP contribution in [0.3, 0.4) is 0 Å². The SMILES string of the molecule is CCC(C(=O)[O-])N1C(C)CN(c2c(F)cc3c(=O)c(C(=O)NCc4ccc(Cl)cc4Cl)cn(CC(F)(F)F)c3c2OC)CC1C. The highest BCUT2D eigenvalue weighted by Crippen LogP contribution is 2.40. The van der Waals surface area contributed by atoms with Gasteiger partial charge in [-0.2, -0.15) is 13.2 Å². The summed E-state index contributed by atoms with van der Waals surface area (Å²) >= 11 is 12.0. The third-order valence-electron chi connectivity index (χ3n) is 7.82. The molecular weight excluding hydrogens is 643 g/mol. The maximum atomic E-state index is 15.9. The van der Waals surface area contributed by atoms with Crippen molar-refractivity contribution < 1.29 is 37.0 Å². The van der Waals surface area contributed by atoms with Gasteiger partial charge in [-0.05, 0) is 44.0 Å². The van der Waals surface area contributed by atoms with E-state index in [1.807, 2.05) is 0 Å². The van der Waals surface area contributed by atoms with E-state index in [-0.39, 0.29) is 48.0 Å². The van der Waals surface area contributed by atoms with Gasteiger partial charge in [0.15, 0.2) is 11.6 Å². The molecule has 2 aromatic carbocycles. The number of halogens is 6. The summed E-state index contributed by atoms with van der Waals surface area (Å²) in [5, 5.41) is 14.3. The zero-order chi connectivity index (χ0) is 33.4. The van der Waals surface area contributed by atoms with Crippen LogP contribution in [0.5, 0.6) is 5.75 Å². The highest BCUT2D eigenvalue weighted by atomic mass is 35.5.